The lowest BCUT2D eigenvalue weighted by atomic mass is 10.0. The highest BCUT2D eigenvalue weighted by Crippen LogP contribution is 2.38. The summed E-state index contributed by atoms with van der Waals surface area (Å²) in [5.41, 5.74) is 2.72. The van der Waals surface area contributed by atoms with Crippen LogP contribution < -0.4 is 19.5 Å². The van der Waals surface area contributed by atoms with E-state index in [2.05, 4.69) is 19.2 Å². The third kappa shape index (κ3) is 4.79. The number of rotatable bonds is 7. The molecule has 0 fully saturated rings. The molecule has 0 heterocycles. The highest BCUT2D eigenvalue weighted by atomic mass is 16.5. The summed E-state index contributed by atoms with van der Waals surface area (Å²) in [6.07, 6.45) is 3.18. The van der Waals surface area contributed by atoms with Gasteiger partial charge in [-0.25, -0.2) is 0 Å². The van der Waals surface area contributed by atoms with Crippen LogP contribution in [-0.4, -0.2) is 27.2 Å². The molecule has 1 amide bonds. The van der Waals surface area contributed by atoms with Crippen LogP contribution in [0.1, 0.15) is 30.9 Å². The second-order valence-electron chi connectivity index (χ2n) is 6.06. The van der Waals surface area contributed by atoms with Gasteiger partial charge in [0.2, 0.25) is 11.7 Å². The van der Waals surface area contributed by atoms with Gasteiger partial charge in [-0.3, -0.25) is 4.79 Å². The molecule has 0 unspecified atom stereocenters. The van der Waals surface area contributed by atoms with Crippen molar-refractivity contribution in [1.82, 2.24) is 0 Å². The summed E-state index contributed by atoms with van der Waals surface area (Å²) in [5, 5.41) is 2.87. The predicted molar refractivity (Wildman–Crippen MR) is 104 cm³/mol. The number of carbonyl (C=O) groups is 1. The van der Waals surface area contributed by atoms with Crippen molar-refractivity contribution in [3.63, 3.8) is 0 Å². The van der Waals surface area contributed by atoms with Crippen molar-refractivity contribution in [2.45, 2.75) is 19.8 Å². The molecule has 0 aliphatic heterocycles. The molecule has 5 nitrogen and oxygen atoms in total. The molecule has 1 N–H and O–H groups in total. The Morgan fingerprint density at radius 3 is 2.19 bits per heavy atom. The van der Waals surface area contributed by atoms with E-state index in [-0.39, 0.29) is 5.91 Å². The van der Waals surface area contributed by atoms with E-state index in [4.69, 9.17) is 14.2 Å². The summed E-state index contributed by atoms with van der Waals surface area (Å²) in [7, 11) is 4.66. The van der Waals surface area contributed by atoms with Gasteiger partial charge in [0.05, 0.1) is 21.3 Å². The van der Waals surface area contributed by atoms with E-state index in [0.717, 1.165) is 11.3 Å². The van der Waals surface area contributed by atoms with E-state index in [1.54, 1.807) is 39.5 Å². The predicted octanol–water partition coefficient (Wildman–Crippen LogP) is 4.49. The molecule has 2 aromatic rings. The summed E-state index contributed by atoms with van der Waals surface area (Å²) in [5.74, 6) is 1.79. The fourth-order valence-corrected chi connectivity index (χ4v) is 2.53. The first-order valence-electron chi connectivity index (χ1n) is 8.37. The lowest BCUT2D eigenvalue weighted by molar-refractivity contribution is -0.111. The van der Waals surface area contributed by atoms with E-state index in [9.17, 15) is 4.79 Å². The first-order chi connectivity index (χ1) is 12.5. The van der Waals surface area contributed by atoms with Crippen molar-refractivity contribution in [2.75, 3.05) is 26.6 Å². The maximum atomic E-state index is 12.2. The van der Waals surface area contributed by atoms with Gasteiger partial charge in [-0.2, -0.15) is 0 Å². The zero-order valence-electron chi connectivity index (χ0n) is 15.8. The van der Waals surface area contributed by atoms with Crippen LogP contribution in [0.25, 0.3) is 6.08 Å². The molecule has 0 radical (unpaired) electrons. The van der Waals surface area contributed by atoms with Crippen molar-refractivity contribution in [3.8, 4) is 17.2 Å². The van der Waals surface area contributed by atoms with Gasteiger partial charge in [0.15, 0.2) is 11.5 Å². The molecule has 2 rings (SSSR count). The Morgan fingerprint density at radius 2 is 1.65 bits per heavy atom. The van der Waals surface area contributed by atoms with Crippen molar-refractivity contribution in [2.24, 2.45) is 0 Å². The zero-order chi connectivity index (χ0) is 19.1. The van der Waals surface area contributed by atoms with E-state index < -0.39 is 0 Å². The molecule has 0 atom stereocenters. The highest BCUT2D eigenvalue weighted by Gasteiger charge is 2.12. The maximum Gasteiger partial charge on any atom is 0.248 e. The third-order valence-corrected chi connectivity index (χ3v) is 3.94. The molecule has 26 heavy (non-hydrogen) atoms. The summed E-state index contributed by atoms with van der Waals surface area (Å²) < 4.78 is 15.9. The second kappa shape index (κ2) is 8.94. The fourth-order valence-electron chi connectivity index (χ4n) is 2.53. The average Bonchev–Trinajstić information content (AvgIpc) is 2.65. The van der Waals surface area contributed by atoms with Gasteiger partial charge in [0.1, 0.15) is 0 Å². The van der Waals surface area contributed by atoms with Crippen molar-refractivity contribution >= 4 is 17.7 Å². The topological polar surface area (TPSA) is 56.8 Å². The summed E-state index contributed by atoms with van der Waals surface area (Å²) in [6, 6.07) is 11.4. The molecule has 0 aromatic heterocycles. The number of benzene rings is 2. The van der Waals surface area contributed by atoms with Crippen LogP contribution in [0.15, 0.2) is 42.5 Å². The monoisotopic (exact) mass is 355 g/mol. The van der Waals surface area contributed by atoms with Crippen LogP contribution >= 0.6 is 0 Å². The molecule has 138 valence electrons. The van der Waals surface area contributed by atoms with Crippen molar-refractivity contribution < 1.29 is 19.0 Å². The molecule has 0 aliphatic rings. The smallest absolute Gasteiger partial charge is 0.248 e. The number of ether oxygens (including phenoxy) is 3. The molecule has 0 bridgehead atoms. The minimum absolute atomic E-state index is 0.209. The van der Waals surface area contributed by atoms with Crippen LogP contribution in [0.4, 0.5) is 5.69 Å². The first-order valence-corrected chi connectivity index (χ1v) is 8.37. The number of carbonyl (C=O) groups excluding carboxylic acids is 1. The fraction of sp³-hybridized carbons (Fsp3) is 0.286. The molecule has 0 saturated carbocycles. The summed E-state index contributed by atoms with van der Waals surface area (Å²) in [4.78, 5) is 12.2. The van der Waals surface area contributed by atoms with Crippen molar-refractivity contribution in [3.05, 3.63) is 53.6 Å². The summed E-state index contributed by atoms with van der Waals surface area (Å²) in [6.45, 7) is 4.23. The van der Waals surface area contributed by atoms with Gasteiger partial charge in [-0.1, -0.05) is 26.0 Å². The Balaban J connectivity index is 2.16. The number of hydrogen-bond donors (Lipinski definition) is 1. The van der Waals surface area contributed by atoms with Gasteiger partial charge < -0.3 is 19.5 Å². The minimum atomic E-state index is -0.209. The van der Waals surface area contributed by atoms with Crippen LogP contribution in [0, 0.1) is 0 Å². The second-order valence-corrected chi connectivity index (χ2v) is 6.06. The Hall–Kier alpha value is -2.95. The molecule has 2 aromatic carbocycles. The van der Waals surface area contributed by atoms with Gasteiger partial charge in [-0.05, 0) is 47.4 Å². The molecule has 0 saturated heterocycles. The quantitative estimate of drug-likeness (QED) is 0.744. The average molecular weight is 355 g/mol. The Bertz CT molecular complexity index is 771. The number of hydrogen-bond acceptors (Lipinski definition) is 4. The molecule has 0 aliphatic carbocycles. The van der Waals surface area contributed by atoms with E-state index in [1.165, 1.54) is 11.6 Å². The van der Waals surface area contributed by atoms with Crippen molar-refractivity contribution in [1.29, 1.82) is 0 Å². The SMILES string of the molecule is COc1cc(/C=C/C(=O)Nc2cccc(C(C)C)c2)cc(OC)c1OC. The number of nitrogens with one attached hydrogen (secondary N) is 1. The summed E-state index contributed by atoms with van der Waals surface area (Å²) >= 11 is 0. The van der Waals surface area contributed by atoms with Gasteiger partial charge in [0, 0.05) is 11.8 Å². The third-order valence-electron chi connectivity index (χ3n) is 3.94. The van der Waals surface area contributed by atoms with E-state index in [1.807, 2.05) is 24.3 Å². The normalized spacial score (nSPS) is 10.8. The van der Waals surface area contributed by atoms with Crippen LogP contribution in [0.3, 0.4) is 0 Å². The number of amides is 1. The number of anilines is 1. The van der Waals surface area contributed by atoms with Crippen LogP contribution in [0.2, 0.25) is 0 Å². The van der Waals surface area contributed by atoms with Crippen LogP contribution in [0.5, 0.6) is 17.2 Å². The largest absolute Gasteiger partial charge is 0.493 e. The Morgan fingerprint density at radius 1 is 1.00 bits per heavy atom. The maximum absolute atomic E-state index is 12.2. The minimum Gasteiger partial charge on any atom is -0.493 e. The molecule has 5 heteroatoms. The lowest BCUT2D eigenvalue weighted by Gasteiger charge is -2.12. The molecular formula is C21H25NO4. The van der Waals surface area contributed by atoms with E-state index >= 15 is 0 Å². The van der Waals surface area contributed by atoms with E-state index in [0.29, 0.717) is 23.2 Å². The van der Waals surface area contributed by atoms with Gasteiger partial charge in [-0.15, -0.1) is 0 Å². The lowest BCUT2D eigenvalue weighted by Crippen LogP contribution is -2.08. The van der Waals surface area contributed by atoms with Gasteiger partial charge >= 0.3 is 0 Å². The first kappa shape index (κ1) is 19.4. The molecular weight excluding hydrogens is 330 g/mol. The Labute approximate surface area is 154 Å². The number of methoxy groups -OCH3 is 3. The standard InChI is InChI=1S/C21H25NO4/c1-14(2)16-7-6-8-17(13-16)22-20(23)10-9-15-11-18(24-3)21(26-5)19(12-15)25-4/h6-14H,1-5H3,(H,22,23)/b10-9+. The zero-order valence-corrected chi connectivity index (χ0v) is 15.8. The highest BCUT2D eigenvalue weighted by molar-refractivity contribution is 6.02. The Kier molecular flexibility index (Phi) is 6.67. The van der Waals surface area contributed by atoms with Crippen LogP contribution in [-0.2, 0) is 4.79 Å². The molecule has 0 spiro atoms. The van der Waals surface area contributed by atoms with Gasteiger partial charge in [0.25, 0.3) is 0 Å².